The van der Waals surface area contributed by atoms with Crippen molar-refractivity contribution in [1.82, 2.24) is 0 Å². The fourth-order valence-electron chi connectivity index (χ4n) is 1.67. The van der Waals surface area contributed by atoms with E-state index < -0.39 is 0 Å². The minimum Gasteiger partial charge on any atom is -0.465 e. The highest BCUT2D eigenvalue weighted by atomic mass is 16.5. The van der Waals surface area contributed by atoms with E-state index in [1.54, 1.807) is 0 Å². The molecule has 2 nitrogen and oxygen atoms in total. The van der Waals surface area contributed by atoms with Gasteiger partial charge in [-0.15, -0.1) is 0 Å². The number of carbonyl (C=O) groups is 1. The van der Waals surface area contributed by atoms with Crippen molar-refractivity contribution in [2.45, 2.75) is 54.9 Å². The summed E-state index contributed by atoms with van der Waals surface area (Å²) < 4.78 is 5.44. The number of hydrogen-bond acceptors (Lipinski definition) is 2. The quantitative estimate of drug-likeness (QED) is 0.645. The molecule has 0 spiro atoms. The van der Waals surface area contributed by atoms with E-state index in [1.807, 2.05) is 20.8 Å². The molecule has 0 saturated heterocycles. The second kappa shape index (κ2) is 6.27. The van der Waals surface area contributed by atoms with Gasteiger partial charge < -0.3 is 4.74 Å². The molecule has 0 aromatic rings. The molecule has 0 heterocycles. The average molecular weight is 228 g/mol. The molecular weight excluding hydrogens is 200 g/mol. The summed E-state index contributed by atoms with van der Waals surface area (Å²) in [4.78, 5) is 11.8. The Morgan fingerprint density at radius 1 is 1.12 bits per heavy atom. The SMILES string of the molecule is CCC(C)(C)C(=O)OCC(C(C)C)C(C)C. The maximum atomic E-state index is 11.8. The van der Waals surface area contributed by atoms with Crippen LogP contribution in [0.25, 0.3) is 0 Å². The first-order valence-electron chi connectivity index (χ1n) is 6.39. The third-order valence-electron chi connectivity index (χ3n) is 3.56. The average Bonchev–Trinajstić information content (AvgIpc) is 2.16. The monoisotopic (exact) mass is 228 g/mol. The van der Waals surface area contributed by atoms with Crippen molar-refractivity contribution in [3.05, 3.63) is 0 Å². The van der Waals surface area contributed by atoms with Gasteiger partial charge in [0.15, 0.2) is 0 Å². The zero-order valence-electron chi connectivity index (χ0n) is 12.0. The Labute approximate surface area is 101 Å². The van der Waals surface area contributed by atoms with Crippen molar-refractivity contribution >= 4 is 5.97 Å². The molecule has 0 unspecified atom stereocenters. The van der Waals surface area contributed by atoms with Gasteiger partial charge >= 0.3 is 5.97 Å². The Balaban J connectivity index is 4.27. The predicted molar refractivity (Wildman–Crippen MR) is 68.2 cm³/mol. The van der Waals surface area contributed by atoms with Crippen LogP contribution in [0.1, 0.15) is 54.9 Å². The van der Waals surface area contributed by atoms with Crippen LogP contribution in [0.3, 0.4) is 0 Å². The minimum atomic E-state index is -0.349. The molecule has 16 heavy (non-hydrogen) atoms. The van der Waals surface area contributed by atoms with Crippen LogP contribution in [0.2, 0.25) is 0 Å². The van der Waals surface area contributed by atoms with Gasteiger partial charge in [0.1, 0.15) is 0 Å². The Kier molecular flexibility index (Phi) is 6.06. The summed E-state index contributed by atoms with van der Waals surface area (Å²) in [5, 5.41) is 0. The molecular formula is C14H28O2. The molecule has 0 aliphatic carbocycles. The van der Waals surface area contributed by atoms with Gasteiger partial charge in [-0.3, -0.25) is 4.79 Å². The number of ether oxygens (including phenoxy) is 1. The lowest BCUT2D eigenvalue weighted by Crippen LogP contribution is -2.30. The van der Waals surface area contributed by atoms with E-state index in [0.29, 0.717) is 24.4 Å². The second-order valence-corrected chi connectivity index (χ2v) is 5.99. The van der Waals surface area contributed by atoms with Gasteiger partial charge in [0.05, 0.1) is 12.0 Å². The first kappa shape index (κ1) is 15.5. The predicted octanol–water partition coefficient (Wildman–Crippen LogP) is 3.89. The summed E-state index contributed by atoms with van der Waals surface area (Å²) in [5.41, 5.74) is -0.349. The van der Waals surface area contributed by atoms with Gasteiger partial charge in [0.2, 0.25) is 0 Å². The highest BCUT2D eigenvalue weighted by molar-refractivity contribution is 5.75. The van der Waals surface area contributed by atoms with Crippen LogP contribution in [-0.2, 0) is 9.53 Å². The van der Waals surface area contributed by atoms with Crippen molar-refractivity contribution in [2.75, 3.05) is 6.61 Å². The van der Waals surface area contributed by atoms with Crippen molar-refractivity contribution in [3.63, 3.8) is 0 Å². The molecule has 0 radical (unpaired) electrons. The zero-order chi connectivity index (χ0) is 12.9. The third kappa shape index (κ3) is 4.54. The van der Waals surface area contributed by atoms with Crippen LogP contribution in [0.5, 0.6) is 0 Å². The molecule has 0 amide bonds. The van der Waals surface area contributed by atoms with Gasteiger partial charge in [-0.2, -0.15) is 0 Å². The van der Waals surface area contributed by atoms with Gasteiger partial charge in [-0.1, -0.05) is 34.6 Å². The lowest BCUT2D eigenvalue weighted by atomic mass is 9.86. The van der Waals surface area contributed by atoms with Gasteiger partial charge in [-0.25, -0.2) is 0 Å². The topological polar surface area (TPSA) is 26.3 Å². The summed E-state index contributed by atoms with van der Waals surface area (Å²) in [5.74, 6) is 1.49. The van der Waals surface area contributed by atoms with E-state index in [4.69, 9.17) is 4.74 Å². The van der Waals surface area contributed by atoms with Crippen LogP contribution in [0, 0.1) is 23.2 Å². The van der Waals surface area contributed by atoms with Crippen LogP contribution in [-0.4, -0.2) is 12.6 Å². The Morgan fingerprint density at radius 3 is 1.88 bits per heavy atom. The molecule has 2 heteroatoms. The summed E-state index contributed by atoms with van der Waals surface area (Å²) in [7, 11) is 0. The lowest BCUT2D eigenvalue weighted by Gasteiger charge is -2.27. The van der Waals surface area contributed by atoms with Gasteiger partial charge in [0.25, 0.3) is 0 Å². The molecule has 96 valence electrons. The standard InChI is InChI=1S/C14H28O2/c1-8-14(6,7)13(15)16-9-12(10(2)3)11(4)5/h10-12H,8-9H2,1-7H3. The maximum Gasteiger partial charge on any atom is 0.311 e. The van der Waals surface area contributed by atoms with Crippen LogP contribution >= 0.6 is 0 Å². The van der Waals surface area contributed by atoms with Crippen LogP contribution in [0.15, 0.2) is 0 Å². The van der Waals surface area contributed by atoms with Crippen molar-refractivity contribution in [2.24, 2.45) is 23.2 Å². The largest absolute Gasteiger partial charge is 0.465 e. The van der Waals surface area contributed by atoms with E-state index in [9.17, 15) is 4.79 Å². The molecule has 0 N–H and O–H groups in total. The minimum absolute atomic E-state index is 0.0682. The van der Waals surface area contributed by atoms with Gasteiger partial charge in [-0.05, 0) is 38.0 Å². The van der Waals surface area contributed by atoms with E-state index in [-0.39, 0.29) is 11.4 Å². The molecule has 0 aromatic heterocycles. The van der Waals surface area contributed by atoms with E-state index in [0.717, 1.165) is 6.42 Å². The number of hydrogen-bond donors (Lipinski definition) is 0. The summed E-state index contributed by atoms with van der Waals surface area (Å²) in [6, 6.07) is 0. The van der Waals surface area contributed by atoms with Crippen molar-refractivity contribution in [1.29, 1.82) is 0 Å². The molecule has 0 aromatic carbocycles. The zero-order valence-corrected chi connectivity index (χ0v) is 12.0. The number of rotatable bonds is 6. The fraction of sp³-hybridized carbons (Fsp3) is 0.929. The molecule has 0 rings (SSSR count). The molecule has 0 bridgehead atoms. The summed E-state index contributed by atoms with van der Waals surface area (Å²) >= 11 is 0. The van der Waals surface area contributed by atoms with Crippen molar-refractivity contribution in [3.8, 4) is 0 Å². The third-order valence-corrected chi connectivity index (χ3v) is 3.56. The first-order chi connectivity index (χ1) is 7.22. The van der Waals surface area contributed by atoms with E-state index in [2.05, 4.69) is 27.7 Å². The van der Waals surface area contributed by atoms with Crippen LogP contribution in [0.4, 0.5) is 0 Å². The highest BCUT2D eigenvalue weighted by Crippen LogP contribution is 2.25. The first-order valence-corrected chi connectivity index (χ1v) is 6.39. The molecule has 0 aliphatic heterocycles. The van der Waals surface area contributed by atoms with E-state index >= 15 is 0 Å². The second-order valence-electron chi connectivity index (χ2n) is 5.99. The highest BCUT2D eigenvalue weighted by Gasteiger charge is 2.28. The molecule has 0 saturated carbocycles. The fourth-order valence-corrected chi connectivity index (χ4v) is 1.67. The number of carbonyl (C=O) groups excluding carboxylic acids is 1. The molecule has 0 aliphatic rings. The molecule has 0 atom stereocenters. The van der Waals surface area contributed by atoms with Crippen LogP contribution < -0.4 is 0 Å². The molecule has 0 fully saturated rings. The smallest absolute Gasteiger partial charge is 0.311 e. The number of esters is 1. The summed E-state index contributed by atoms with van der Waals surface area (Å²) in [6.07, 6.45) is 0.819. The maximum absolute atomic E-state index is 11.8. The van der Waals surface area contributed by atoms with Gasteiger partial charge in [0, 0.05) is 0 Å². The normalized spacial score (nSPS) is 12.6. The van der Waals surface area contributed by atoms with E-state index in [1.165, 1.54) is 0 Å². The Hall–Kier alpha value is -0.530. The Bertz CT molecular complexity index is 209. The lowest BCUT2D eigenvalue weighted by molar-refractivity contribution is -0.156. The Morgan fingerprint density at radius 2 is 1.56 bits per heavy atom. The summed E-state index contributed by atoms with van der Waals surface area (Å²) in [6.45, 7) is 15.2. The van der Waals surface area contributed by atoms with Crippen molar-refractivity contribution < 1.29 is 9.53 Å².